The Balaban J connectivity index is 1.62. The number of carboxylic acids is 1. The third kappa shape index (κ3) is 4.42. The number of nitrogens with one attached hydrogen (secondary N) is 1. The third-order valence-electron chi connectivity index (χ3n) is 5.03. The minimum atomic E-state index is -1.05. The molecular formula is C23H25NO4. The summed E-state index contributed by atoms with van der Waals surface area (Å²) in [6, 6.07) is 15.2. The van der Waals surface area contributed by atoms with E-state index >= 15 is 0 Å². The zero-order chi connectivity index (χ0) is 19.9. The maximum absolute atomic E-state index is 12.2. The van der Waals surface area contributed by atoms with E-state index < -0.39 is 18.1 Å². The highest BCUT2D eigenvalue weighted by atomic mass is 16.5. The van der Waals surface area contributed by atoms with Crippen LogP contribution < -0.4 is 5.32 Å². The first kappa shape index (κ1) is 19.7. The fraction of sp³-hybridized carbons (Fsp3) is 0.304. The van der Waals surface area contributed by atoms with E-state index in [0.29, 0.717) is 12.8 Å². The number of amides is 1. The van der Waals surface area contributed by atoms with E-state index in [0.717, 1.165) is 28.7 Å². The van der Waals surface area contributed by atoms with Gasteiger partial charge in [-0.15, -0.1) is 0 Å². The van der Waals surface area contributed by atoms with Crippen LogP contribution in [0, 0.1) is 0 Å². The number of unbranched alkanes of at least 4 members (excludes halogenated alkanes) is 1. The van der Waals surface area contributed by atoms with Gasteiger partial charge in [0.15, 0.2) is 0 Å². The van der Waals surface area contributed by atoms with Crippen LogP contribution in [0.25, 0.3) is 11.1 Å². The molecule has 2 aromatic rings. The van der Waals surface area contributed by atoms with Crippen molar-refractivity contribution in [2.24, 2.45) is 0 Å². The van der Waals surface area contributed by atoms with Crippen LogP contribution in [0.15, 0.2) is 60.7 Å². The highest BCUT2D eigenvalue weighted by molar-refractivity contribution is 5.81. The van der Waals surface area contributed by atoms with Crippen LogP contribution in [0.2, 0.25) is 0 Å². The van der Waals surface area contributed by atoms with Crippen molar-refractivity contribution in [1.29, 1.82) is 0 Å². The van der Waals surface area contributed by atoms with Gasteiger partial charge in [0.05, 0.1) is 0 Å². The Bertz CT molecular complexity index is 829. The van der Waals surface area contributed by atoms with Gasteiger partial charge < -0.3 is 15.2 Å². The van der Waals surface area contributed by atoms with Crippen molar-refractivity contribution < 1.29 is 19.4 Å². The van der Waals surface area contributed by atoms with Gasteiger partial charge in [-0.2, -0.15) is 0 Å². The van der Waals surface area contributed by atoms with E-state index in [1.54, 1.807) is 0 Å². The zero-order valence-corrected chi connectivity index (χ0v) is 15.9. The number of alkyl carbamates (subject to hydrolysis) is 1. The molecule has 0 saturated heterocycles. The quantitative estimate of drug-likeness (QED) is 0.514. The molecule has 0 aromatic heterocycles. The van der Waals surface area contributed by atoms with Gasteiger partial charge in [0.25, 0.3) is 0 Å². The molecule has 1 aliphatic carbocycles. The topological polar surface area (TPSA) is 75.6 Å². The number of carbonyl (C=O) groups is 2. The van der Waals surface area contributed by atoms with Crippen molar-refractivity contribution in [2.45, 2.75) is 38.1 Å². The molecule has 0 saturated carbocycles. The van der Waals surface area contributed by atoms with Gasteiger partial charge in [-0.3, -0.25) is 0 Å². The smallest absolute Gasteiger partial charge is 0.407 e. The number of carbonyl (C=O) groups excluding carboxylic acids is 1. The van der Waals surface area contributed by atoms with E-state index in [4.69, 9.17) is 4.74 Å². The molecular weight excluding hydrogens is 354 g/mol. The van der Waals surface area contributed by atoms with Gasteiger partial charge in [0.1, 0.15) is 12.6 Å². The normalized spacial score (nSPS) is 13.8. The summed E-state index contributed by atoms with van der Waals surface area (Å²) in [4.78, 5) is 23.6. The predicted molar refractivity (Wildman–Crippen MR) is 108 cm³/mol. The molecule has 0 heterocycles. The molecule has 1 amide bonds. The number of fused-ring (bicyclic) bond motifs is 3. The Morgan fingerprint density at radius 2 is 1.71 bits per heavy atom. The molecule has 0 aliphatic heterocycles. The molecule has 1 aliphatic rings. The Morgan fingerprint density at radius 3 is 2.29 bits per heavy atom. The monoisotopic (exact) mass is 379 g/mol. The fourth-order valence-electron chi connectivity index (χ4n) is 3.65. The van der Waals surface area contributed by atoms with Gasteiger partial charge in [-0.05, 0) is 48.4 Å². The second-order valence-electron chi connectivity index (χ2n) is 6.86. The fourth-order valence-corrected chi connectivity index (χ4v) is 3.65. The minimum Gasteiger partial charge on any atom is -0.480 e. The Labute approximate surface area is 165 Å². The molecule has 0 radical (unpaired) electrons. The summed E-state index contributed by atoms with van der Waals surface area (Å²) < 4.78 is 5.42. The summed E-state index contributed by atoms with van der Waals surface area (Å²) in [6.45, 7) is 2.09. The first-order chi connectivity index (χ1) is 13.6. The van der Waals surface area contributed by atoms with Crippen LogP contribution >= 0.6 is 0 Å². The molecule has 0 bridgehead atoms. The Kier molecular flexibility index (Phi) is 6.48. The van der Waals surface area contributed by atoms with Gasteiger partial charge in [-0.1, -0.05) is 60.7 Å². The number of carboxylic acid groups (broad SMARTS) is 1. The molecule has 3 rings (SSSR count). The average molecular weight is 379 g/mol. The number of aliphatic carboxylic acids is 1. The van der Waals surface area contributed by atoms with Crippen molar-refractivity contribution >= 4 is 12.1 Å². The maximum atomic E-state index is 12.2. The number of hydrogen-bond acceptors (Lipinski definition) is 3. The van der Waals surface area contributed by atoms with Crippen molar-refractivity contribution in [2.75, 3.05) is 6.61 Å². The lowest BCUT2D eigenvalue weighted by molar-refractivity contribution is -0.139. The summed E-state index contributed by atoms with van der Waals surface area (Å²) in [5, 5.41) is 11.8. The zero-order valence-electron chi connectivity index (χ0n) is 15.9. The lowest BCUT2D eigenvalue weighted by atomic mass is 9.98. The van der Waals surface area contributed by atoms with Crippen molar-refractivity contribution in [3.05, 3.63) is 71.8 Å². The lowest BCUT2D eigenvalue weighted by Crippen LogP contribution is -2.41. The van der Waals surface area contributed by atoms with E-state index in [-0.39, 0.29) is 12.5 Å². The molecule has 5 nitrogen and oxygen atoms in total. The van der Waals surface area contributed by atoms with Crippen LogP contribution in [0.4, 0.5) is 4.79 Å². The molecule has 2 N–H and O–H groups in total. The molecule has 146 valence electrons. The number of ether oxygens (including phenoxy) is 1. The van der Waals surface area contributed by atoms with Crippen LogP contribution in [-0.2, 0) is 9.53 Å². The molecule has 5 heteroatoms. The van der Waals surface area contributed by atoms with Gasteiger partial charge in [0.2, 0.25) is 0 Å². The Hall–Kier alpha value is -3.08. The van der Waals surface area contributed by atoms with E-state index in [1.807, 2.05) is 55.5 Å². The third-order valence-corrected chi connectivity index (χ3v) is 5.03. The average Bonchev–Trinajstić information content (AvgIpc) is 3.02. The Morgan fingerprint density at radius 1 is 1.11 bits per heavy atom. The van der Waals surface area contributed by atoms with Gasteiger partial charge in [0, 0.05) is 5.92 Å². The molecule has 28 heavy (non-hydrogen) atoms. The predicted octanol–water partition coefficient (Wildman–Crippen LogP) is 4.72. The van der Waals surface area contributed by atoms with E-state index in [2.05, 4.69) is 17.4 Å². The van der Waals surface area contributed by atoms with Crippen molar-refractivity contribution in [3.63, 3.8) is 0 Å². The highest BCUT2D eigenvalue weighted by Gasteiger charge is 2.29. The SMILES string of the molecule is CC=CCCC[C@H](NC(=O)OCC1c2ccccc2-c2ccccc21)C(=O)O. The summed E-state index contributed by atoms with van der Waals surface area (Å²) in [5.41, 5.74) is 4.55. The summed E-state index contributed by atoms with van der Waals surface area (Å²) in [5.74, 6) is -1.09. The summed E-state index contributed by atoms with van der Waals surface area (Å²) in [7, 11) is 0. The summed E-state index contributed by atoms with van der Waals surface area (Å²) >= 11 is 0. The first-order valence-corrected chi connectivity index (χ1v) is 9.57. The second-order valence-corrected chi connectivity index (χ2v) is 6.86. The lowest BCUT2D eigenvalue weighted by Gasteiger charge is -2.17. The van der Waals surface area contributed by atoms with E-state index in [1.165, 1.54) is 0 Å². The van der Waals surface area contributed by atoms with Crippen molar-refractivity contribution in [3.8, 4) is 11.1 Å². The summed E-state index contributed by atoms with van der Waals surface area (Å²) in [6.07, 6.45) is 5.04. The van der Waals surface area contributed by atoms with Crippen LogP contribution in [-0.4, -0.2) is 29.8 Å². The van der Waals surface area contributed by atoms with Crippen LogP contribution in [0.1, 0.15) is 43.2 Å². The maximum Gasteiger partial charge on any atom is 0.407 e. The number of benzene rings is 2. The molecule has 2 aromatic carbocycles. The number of hydrogen-bond donors (Lipinski definition) is 2. The molecule has 0 spiro atoms. The minimum absolute atomic E-state index is 0.0453. The molecule has 0 unspecified atom stereocenters. The number of rotatable bonds is 8. The largest absolute Gasteiger partial charge is 0.480 e. The first-order valence-electron chi connectivity index (χ1n) is 9.57. The van der Waals surface area contributed by atoms with Crippen LogP contribution in [0.3, 0.4) is 0 Å². The molecule has 1 atom stereocenters. The standard InChI is InChI=1S/C23H25NO4/c1-2-3-4-5-14-21(22(25)26)24-23(27)28-15-20-18-12-8-6-10-16(18)17-11-7-9-13-19(17)20/h2-3,6-13,20-21H,4-5,14-15H2,1H3,(H,24,27)(H,25,26)/t21-/m0/s1. The van der Waals surface area contributed by atoms with Gasteiger partial charge >= 0.3 is 12.1 Å². The van der Waals surface area contributed by atoms with Crippen molar-refractivity contribution in [1.82, 2.24) is 5.32 Å². The van der Waals surface area contributed by atoms with Gasteiger partial charge in [-0.25, -0.2) is 9.59 Å². The highest BCUT2D eigenvalue weighted by Crippen LogP contribution is 2.44. The number of allylic oxidation sites excluding steroid dienone is 2. The molecule has 0 fully saturated rings. The van der Waals surface area contributed by atoms with E-state index in [9.17, 15) is 14.7 Å². The second kappa shape index (κ2) is 9.22. The van der Waals surface area contributed by atoms with Crippen LogP contribution in [0.5, 0.6) is 0 Å².